The van der Waals surface area contributed by atoms with Crippen LogP contribution in [0, 0.1) is 0 Å². The van der Waals surface area contributed by atoms with E-state index in [1.165, 1.54) is 21.9 Å². The molecule has 0 bridgehead atoms. The van der Waals surface area contributed by atoms with Gasteiger partial charge in [-0.15, -0.1) is 0 Å². The lowest BCUT2D eigenvalue weighted by Gasteiger charge is -2.15. The van der Waals surface area contributed by atoms with Crippen LogP contribution in [-0.4, -0.2) is 19.5 Å². The average Bonchev–Trinajstić information content (AvgIpc) is 3.74. The summed E-state index contributed by atoms with van der Waals surface area (Å²) in [7, 11) is 0. The van der Waals surface area contributed by atoms with Crippen molar-refractivity contribution in [1.82, 2.24) is 19.5 Å². The fraction of sp³-hybridized carbons (Fsp3) is 0. The van der Waals surface area contributed by atoms with Crippen LogP contribution in [0.1, 0.15) is 0 Å². The van der Waals surface area contributed by atoms with Gasteiger partial charge in [-0.1, -0.05) is 133 Å². The highest BCUT2D eigenvalue weighted by molar-refractivity contribution is 6.16. The van der Waals surface area contributed by atoms with Gasteiger partial charge in [-0.2, -0.15) is 0 Å². The molecule has 0 aliphatic rings. The quantitative estimate of drug-likeness (QED) is 0.188. The van der Waals surface area contributed by atoms with E-state index in [0.29, 0.717) is 17.5 Å². The molecule has 10 rings (SSSR count). The maximum atomic E-state index is 6.26. The SMILES string of the molecule is c1ccc(-c2nc(-c3ccccc3-n3c4ccccc4c4c(-c5ccccc5)cccc43)nc(-c3cccc4oc5ccccc5c34)n2)cc1. The van der Waals surface area contributed by atoms with Crippen molar-refractivity contribution in [3.63, 3.8) is 0 Å². The van der Waals surface area contributed by atoms with Gasteiger partial charge < -0.3 is 8.98 Å². The van der Waals surface area contributed by atoms with E-state index in [-0.39, 0.29) is 0 Å². The summed E-state index contributed by atoms with van der Waals surface area (Å²) in [6, 6.07) is 58.5. The van der Waals surface area contributed by atoms with Crippen molar-refractivity contribution in [1.29, 1.82) is 0 Å². The molecule has 0 N–H and O–H groups in total. The van der Waals surface area contributed by atoms with Crippen LogP contribution in [0.25, 0.3) is 94.7 Å². The molecular formula is C45H28N4O. The Morgan fingerprint density at radius 2 is 0.920 bits per heavy atom. The molecule has 10 aromatic rings. The smallest absolute Gasteiger partial charge is 0.166 e. The third-order valence-electron chi connectivity index (χ3n) is 9.48. The van der Waals surface area contributed by atoms with E-state index in [4.69, 9.17) is 19.4 Å². The molecule has 0 aliphatic heterocycles. The third-order valence-corrected chi connectivity index (χ3v) is 9.48. The fourth-order valence-electron chi connectivity index (χ4n) is 7.29. The Kier molecular flexibility index (Phi) is 6.42. The second-order valence-corrected chi connectivity index (χ2v) is 12.4. The zero-order valence-electron chi connectivity index (χ0n) is 26.9. The van der Waals surface area contributed by atoms with Crippen molar-refractivity contribution in [3.05, 3.63) is 170 Å². The van der Waals surface area contributed by atoms with E-state index in [1.807, 2.05) is 60.7 Å². The Bertz CT molecular complexity index is 2870. The highest BCUT2D eigenvalue weighted by Gasteiger charge is 2.22. The van der Waals surface area contributed by atoms with E-state index < -0.39 is 0 Å². The summed E-state index contributed by atoms with van der Waals surface area (Å²) < 4.78 is 8.61. The van der Waals surface area contributed by atoms with Crippen LogP contribution in [-0.2, 0) is 0 Å². The van der Waals surface area contributed by atoms with Gasteiger partial charge >= 0.3 is 0 Å². The summed E-state index contributed by atoms with van der Waals surface area (Å²) >= 11 is 0. The van der Waals surface area contributed by atoms with Crippen LogP contribution in [0.3, 0.4) is 0 Å². The number of hydrogen-bond acceptors (Lipinski definition) is 4. The zero-order chi connectivity index (χ0) is 33.0. The van der Waals surface area contributed by atoms with E-state index in [1.54, 1.807) is 0 Å². The van der Waals surface area contributed by atoms with Crippen LogP contribution in [0.5, 0.6) is 0 Å². The lowest BCUT2D eigenvalue weighted by molar-refractivity contribution is 0.669. The minimum atomic E-state index is 0.592. The number of rotatable bonds is 5. The molecule has 0 saturated heterocycles. The van der Waals surface area contributed by atoms with Gasteiger partial charge in [-0.05, 0) is 47.5 Å². The highest BCUT2D eigenvalue weighted by Crippen LogP contribution is 2.41. The molecule has 0 saturated carbocycles. The van der Waals surface area contributed by atoms with Crippen molar-refractivity contribution in [2.24, 2.45) is 0 Å². The molecule has 0 amide bonds. The Labute approximate surface area is 287 Å². The minimum absolute atomic E-state index is 0.592. The first kappa shape index (κ1) is 28.2. The number of aromatic nitrogens is 4. The molecule has 5 heteroatoms. The topological polar surface area (TPSA) is 56.7 Å². The van der Waals surface area contributed by atoms with Crippen LogP contribution >= 0.6 is 0 Å². The highest BCUT2D eigenvalue weighted by atomic mass is 16.3. The molecule has 3 heterocycles. The molecule has 5 nitrogen and oxygen atoms in total. The second-order valence-electron chi connectivity index (χ2n) is 12.4. The molecule has 0 unspecified atom stereocenters. The molecule has 0 spiro atoms. The summed E-state index contributed by atoms with van der Waals surface area (Å²) in [5.74, 6) is 1.80. The first-order valence-corrected chi connectivity index (χ1v) is 16.7. The van der Waals surface area contributed by atoms with Crippen molar-refractivity contribution >= 4 is 43.7 Å². The standard InChI is InChI=1S/C45H28N4O/c1-3-15-29(16-4-1)31-22-13-26-38-41(31)32-19-7-10-24-36(32)49(38)37-25-11-8-20-33(37)44-46-43(30-17-5-2-6-18-30)47-45(48-44)35-23-14-28-40-42(35)34-21-9-12-27-39(34)50-40/h1-28H. The minimum Gasteiger partial charge on any atom is -0.456 e. The van der Waals surface area contributed by atoms with E-state index >= 15 is 0 Å². The normalized spacial score (nSPS) is 11.6. The number of para-hydroxylation sites is 3. The van der Waals surface area contributed by atoms with E-state index in [2.05, 4.69) is 114 Å². The second kappa shape index (κ2) is 11.4. The summed E-state index contributed by atoms with van der Waals surface area (Å²) in [6.07, 6.45) is 0. The molecule has 50 heavy (non-hydrogen) atoms. The first-order chi connectivity index (χ1) is 24.8. The van der Waals surface area contributed by atoms with Crippen LogP contribution in [0.4, 0.5) is 0 Å². The van der Waals surface area contributed by atoms with Gasteiger partial charge in [-0.25, -0.2) is 15.0 Å². The van der Waals surface area contributed by atoms with Gasteiger partial charge in [0.05, 0.1) is 16.7 Å². The summed E-state index contributed by atoms with van der Waals surface area (Å²) in [6.45, 7) is 0. The van der Waals surface area contributed by atoms with Crippen LogP contribution < -0.4 is 0 Å². The summed E-state index contributed by atoms with van der Waals surface area (Å²) in [4.78, 5) is 15.5. The van der Waals surface area contributed by atoms with Gasteiger partial charge in [0.15, 0.2) is 17.5 Å². The lowest BCUT2D eigenvalue weighted by atomic mass is 9.99. The maximum absolute atomic E-state index is 6.26. The predicted octanol–water partition coefficient (Wildman–Crippen LogP) is 11.5. The molecule has 234 valence electrons. The number of fused-ring (bicyclic) bond motifs is 6. The molecule has 0 radical (unpaired) electrons. The van der Waals surface area contributed by atoms with Crippen molar-refractivity contribution in [3.8, 4) is 51.0 Å². The van der Waals surface area contributed by atoms with Crippen LogP contribution in [0.2, 0.25) is 0 Å². The Morgan fingerprint density at radius 3 is 1.76 bits per heavy atom. The monoisotopic (exact) mass is 640 g/mol. The van der Waals surface area contributed by atoms with Crippen molar-refractivity contribution in [2.75, 3.05) is 0 Å². The molecular weight excluding hydrogens is 613 g/mol. The Morgan fingerprint density at radius 1 is 0.360 bits per heavy atom. The number of nitrogens with zero attached hydrogens (tertiary/aromatic N) is 4. The van der Waals surface area contributed by atoms with Crippen LogP contribution in [0.15, 0.2) is 174 Å². The number of hydrogen-bond donors (Lipinski definition) is 0. The van der Waals surface area contributed by atoms with Gasteiger partial charge in [0.1, 0.15) is 11.2 Å². The first-order valence-electron chi connectivity index (χ1n) is 16.7. The van der Waals surface area contributed by atoms with Gasteiger partial charge in [0.25, 0.3) is 0 Å². The number of furan rings is 1. The molecule has 7 aromatic carbocycles. The summed E-state index contributed by atoms with van der Waals surface area (Å²) in [5, 5.41) is 4.42. The van der Waals surface area contributed by atoms with Gasteiger partial charge in [-0.3, -0.25) is 0 Å². The molecule has 0 atom stereocenters. The lowest BCUT2D eigenvalue weighted by Crippen LogP contribution is -2.03. The maximum Gasteiger partial charge on any atom is 0.166 e. The van der Waals surface area contributed by atoms with Crippen molar-refractivity contribution in [2.45, 2.75) is 0 Å². The fourth-order valence-corrected chi connectivity index (χ4v) is 7.29. The van der Waals surface area contributed by atoms with E-state index in [9.17, 15) is 0 Å². The Hall–Kier alpha value is -6.85. The molecule has 3 aromatic heterocycles. The Balaban J connectivity index is 1.26. The van der Waals surface area contributed by atoms with E-state index in [0.717, 1.165) is 55.3 Å². The van der Waals surface area contributed by atoms with Gasteiger partial charge in [0, 0.05) is 38.2 Å². The third kappa shape index (κ3) is 4.45. The predicted molar refractivity (Wildman–Crippen MR) is 203 cm³/mol. The van der Waals surface area contributed by atoms with Crippen molar-refractivity contribution < 1.29 is 4.42 Å². The van der Waals surface area contributed by atoms with Gasteiger partial charge in [0.2, 0.25) is 0 Å². The molecule has 0 fully saturated rings. The average molecular weight is 641 g/mol. The molecule has 0 aliphatic carbocycles. The number of benzene rings is 7. The zero-order valence-corrected chi connectivity index (χ0v) is 26.9. The largest absolute Gasteiger partial charge is 0.456 e. The summed E-state index contributed by atoms with van der Waals surface area (Å²) in [5.41, 5.74) is 9.97.